The van der Waals surface area contributed by atoms with Crippen molar-refractivity contribution in [2.75, 3.05) is 11.9 Å². The van der Waals surface area contributed by atoms with Crippen LogP contribution in [-0.4, -0.2) is 16.7 Å². The van der Waals surface area contributed by atoms with E-state index in [-0.39, 0.29) is 6.61 Å². The van der Waals surface area contributed by atoms with Gasteiger partial charge in [0.1, 0.15) is 0 Å². The van der Waals surface area contributed by atoms with E-state index >= 15 is 0 Å². The SMILES string of the molecule is OCCc1ccc(Nc2cc(-c3ccc(Cl)cc3)nc3c2CCC3)cc1. The molecule has 26 heavy (non-hydrogen) atoms. The first-order chi connectivity index (χ1) is 12.7. The normalized spacial score (nSPS) is 12.8. The summed E-state index contributed by atoms with van der Waals surface area (Å²) in [5, 5.41) is 13.4. The molecule has 0 atom stereocenters. The summed E-state index contributed by atoms with van der Waals surface area (Å²) in [6.45, 7) is 0.176. The van der Waals surface area contributed by atoms with Crippen LogP contribution in [0.1, 0.15) is 23.2 Å². The molecule has 0 aliphatic heterocycles. The van der Waals surface area contributed by atoms with E-state index in [1.807, 2.05) is 24.3 Å². The standard InChI is InChI=1S/C22H21ClN2O/c23-17-8-6-16(7-9-17)21-14-22(19-2-1-3-20(19)25-21)24-18-10-4-15(5-11-18)12-13-26/h4-11,14,26H,1-3,12-13H2,(H,24,25). The van der Waals surface area contributed by atoms with E-state index in [9.17, 15) is 0 Å². The largest absolute Gasteiger partial charge is 0.396 e. The molecule has 1 aromatic heterocycles. The van der Waals surface area contributed by atoms with Crippen LogP contribution >= 0.6 is 11.6 Å². The minimum absolute atomic E-state index is 0.176. The Morgan fingerprint density at radius 3 is 2.50 bits per heavy atom. The zero-order valence-electron chi connectivity index (χ0n) is 14.5. The Morgan fingerprint density at radius 2 is 1.77 bits per heavy atom. The summed E-state index contributed by atoms with van der Waals surface area (Å²) >= 11 is 6.02. The third-order valence-corrected chi connectivity index (χ3v) is 5.08. The highest BCUT2D eigenvalue weighted by molar-refractivity contribution is 6.30. The zero-order valence-corrected chi connectivity index (χ0v) is 15.3. The molecule has 0 bridgehead atoms. The highest BCUT2D eigenvalue weighted by Crippen LogP contribution is 2.34. The van der Waals surface area contributed by atoms with E-state index in [0.717, 1.165) is 52.5 Å². The highest BCUT2D eigenvalue weighted by atomic mass is 35.5. The number of aromatic nitrogens is 1. The molecule has 3 nitrogen and oxygen atoms in total. The van der Waals surface area contributed by atoms with Crippen LogP contribution in [0.25, 0.3) is 11.3 Å². The van der Waals surface area contributed by atoms with Crippen LogP contribution in [0.4, 0.5) is 11.4 Å². The Balaban J connectivity index is 1.67. The second-order valence-electron chi connectivity index (χ2n) is 6.64. The van der Waals surface area contributed by atoms with Crippen molar-refractivity contribution in [3.8, 4) is 11.3 Å². The Bertz CT molecular complexity index is 905. The molecule has 0 unspecified atom stereocenters. The van der Waals surface area contributed by atoms with Gasteiger partial charge in [-0.1, -0.05) is 35.9 Å². The molecule has 1 aliphatic carbocycles. The van der Waals surface area contributed by atoms with Gasteiger partial charge >= 0.3 is 0 Å². The Kier molecular flexibility index (Phi) is 4.91. The van der Waals surface area contributed by atoms with Crippen LogP contribution < -0.4 is 5.32 Å². The van der Waals surface area contributed by atoms with Crippen molar-refractivity contribution in [1.82, 2.24) is 4.98 Å². The van der Waals surface area contributed by atoms with Crippen LogP contribution in [-0.2, 0) is 19.3 Å². The molecule has 0 amide bonds. The smallest absolute Gasteiger partial charge is 0.0726 e. The molecule has 2 N–H and O–H groups in total. The Labute approximate surface area is 158 Å². The Morgan fingerprint density at radius 1 is 1.00 bits per heavy atom. The number of aryl methyl sites for hydroxylation is 1. The Hall–Kier alpha value is -2.36. The van der Waals surface area contributed by atoms with Crippen molar-refractivity contribution < 1.29 is 5.11 Å². The predicted octanol–water partition coefficient (Wildman–Crippen LogP) is 5.17. The molecule has 4 heteroatoms. The maximum absolute atomic E-state index is 9.06. The van der Waals surface area contributed by atoms with Gasteiger partial charge in [-0.05, 0) is 67.1 Å². The van der Waals surface area contributed by atoms with Crippen LogP contribution in [0, 0.1) is 0 Å². The fourth-order valence-corrected chi connectivity index (χ4v) is 3.59. The number of hydrogen-bond acceptors (Lipinski definition) is 3. The van der Waals surface area contributed by atoms with Crippen molar-refractivity contribution in [1.29, 1.82) is 0 Å². The van der Waals surface area contributed by atoms with Gasteiger partial charge in [-0.2, -0.15) is 0 Å². The molecule has 0 fully saturated rings. The number of aliphatic hydroxyl groups excluding tert-OH is 1. The van der Waals surface area contributed by atoms with Crippen molar-refractivity contribution in [2.24, 2.45) is 0 Å². The van der Waals surface area contributed by atoms with Gasteiger partial charge in [0.25, 0.3) is 0 Å². The fourth-order valence-electron chi connectivity index (χ4n) is 3.46. The molecule has 3 aromatic rings. The summed E-state index contributed by atoms with van der Waals surface area (Å²) in [5.74, 6) is 0. The number of pyridine rings is 1. The van der Waals surface area contributed by atoms with E-state index in [4.69, 9.17) is 21.7 Å². The first-order valence-corrected chi connectivity index (χ1v) is 9.36. The average Bonchev–Trinajstić information content (AvgIpc) is 3.13. The lowest BCUT2D eigenvalue weighted by Gasteiger charge is -2.14. The van der Waals surface area contributed by atoms with Gasteiger partial charge in [0.15, 0.2) is 0 Å². The minimum Gasteiger partial charge on any atom is -0.396 e. The molecule has 0 saturated carbocycles. The van der Waals surface area contributed by atoms with Crippen molar-refractivity contribution in [3.63, 3.8) is 0 Å². The van der Waals surface area contributed by atoms with Gasteiger partial charge in [-0.25, -0.2) is 0 Å². The predicted molar refractivity (Wildman–Crippen MR) is 107 cm³/mol. The molecular weight excluding hydrogens is 344 g/mol. The van der Waals surface area contributed by atoms with Crippen molar-refractivity contribution >= 4 is 23.0 Å². The van der Waals surface area contributed by atoms with Gasteiger partial charge < -0.3 is 10.4 Å². The fraction of sp³-hybridized carbons (Fsp3) is 0.227. The van der Waals surface area contributed by atoms with Crippen LogP contribution in [0.2, 0.25) is 5.02 Å². The molecule has 132 valence electrons. The first kappa shape index (κ1) is 17.1. The molecule has 0 radical (unpaired) electrons. The van der Waals surface area contributed by atoms with E-state index in [1.54, 1.807) is 0 Å². The number of nitrogens with zero attached hydrogens (tertiary/aromatic N) is 1. The number of hydrogen-bond donors (Lipinski definition) is 2. The van der Waals surface area contributed by atoms with Gasteiger partial charge in [0, 0.05) is 34.3 Å². The second kappa shape index (κ2) is 7.48. The molecule has 2 aromatic carbocycles. The van der Waals surface area contributed by atoms with Crippen molar-refractivity contribution in [2.45, 2.75) is 25.7 Å². The minimum atomic E-state index is 0.176. The summed E-state index contributed by atoms with van der Waals surface area (Å²) in [6.07, 6.45) is 3.93. The highest BCUT2D eigenvalue weighted by Gasteiger charge is 2.18. The van der Waals surface area contributed by atoms with E-state index in [2.05, 4.69) is 35.6 Å². The summed E-state index contributed by atoms with van der Waals surface area (Å²) in [4.78, 5) is 4.88. The van der Waals surface area contributed by atoms with Gasteiger partial charge in [-0.3, -0.25) is 4.98 Å². The van der Waals surface area contributed by atoms with E-state index in [0.29, 0.717) is 6.42 Å². The van der Waals surface area contributed by atoms with Gasteiger partial charge in [-0.15, -0.1) is 0 Å². The van der Waals surface area contributed by atoms with Gasteiger partial charge in [0.05, 0.1) is 5.69 Å². The molecule has 1 aliphatic rings. The van der Waals surface area contributed by atoms with Crippen LogP contribution in [0.5, 0.6) is 0 Å². The monoisotopic (exact) mass is 364 g/mol. The number of benzene rings is 2. The lowest BCUT2D eigenvalue weighted by molar-refractivity contribution is 0.299. The maximum atomic E-state index is 9.06. The van der Waals surface area contributed by atoms with Crippen LogP contribution in [0.15, 0.2) is 54.6 Å². The zero-order chi connectivity index (χ0) is 17.9. The number of aliphatic hydroxyl groups is 1. The third kappa shape index (κ3) is 3.59. The summed E-state index contributed by atoms with van der Waals surface area (Å²) < 4.78 is 0. The molecule has 1 heterocycles. The topological polar surface area (TPSA) is 45.1 Å². The second-order valence-corrected chi connectivity index (χ2v) is 7.07. The molecule has 0 saturated heterocycles. The number of nitrogens with one attached hydrogen (secondary N) is 1. The van der Waals surface area contributed by atoms with E-state index in [1.165, 1.54) is 11.3 Å². The lowest BCUT2D eigenvalue weighted by atomic mass is 10.1. The van der Waals surface area contributed by atoms with E-state index < -0.39 is 0 Å². The number of halogens is 1. The summed E-state index contributed by atoms with van der Waals surface area (Å²) in [7, 11) is 0. The van der Waals surface area contributed by atoms with Crippen LogP contribution in [0.3, 0.4) is 0 Å². The summed E-state index contributed by atoms with van der Waals surface area (Å²) in [5.41, 5.74) is 7.88. The lowest BCUT2D eigenvalue weighted by Crippen LogP contribution is -2.00. The number of fused-ring (bicyclic) bond motifs is 1. The summed E-state index contributed by atoms with van der Waals surface area (Å²) in [6, 6.07) is 18.2. The molecule has 0 spiro atoms. The molecular formula is C22H21ClN2O. The molecule has 4 rings (SSSR count). The van der Waals surface area contributed by atoms with Gasteiger partial charge in [0.2, 0.25) is 0 Å². The maximum Gasteiger partial charge on any atom is 0.0726 e. The first-order valence-electron chi connectivity index (χ1n) is 8.98. The number of rotatable bonds is 5. The third-order valence-electron chi connectivity index (χ3n) is 4.82. The van der Waals surface area contributed by atoms with Crippen molar-refractivity contribution in [3.05, 3.63) is 76.4 Å². The quantitative estimate of drug-likeness (QED) is 0.656. The average molecular weight is 365 g/mol. The number of anilines is 2.